The third-order valence-corrected chi connectivity index (χ3v) is 4.81. The minimum absolute atomic E-state index is 0.125. The summed E-state index contributed by atoms with van der Waals surface area (Å²) in [5.74, 6) is 1.56. The largest absolute Gasteiger partial charge is 0.365 e. The molecule has 0 bridgehead atoms. The minimum atomic E-state index is -0.125. The van der Waals surface area contributed by atoms with Crippen LogP contribution in [0.15, 0.2) is 15.9 Å². The van der Waals surface area contributed by atoms with Gasteiger partial charge in [-0.25, -0.2) is 9.97 Å². The van der Waals surface area contributed by atoms with Crippen LogP contribution < -0.4 is 5.32 Å². The third kappa shape index (κ3) is 3.71. The summed E-state index contributed by atoms with van der Waals surface area (Å²) < 4.78 is 1.13. The van der Waals surface area contributed by atoms with E-state index in [1.165, 1.54) is 4.88 Å². The van der Waals surface area contributed by atoms with Crippen molar-refractivity contribution >= 4 is 44.7 Å². The number of thiophene rings is 1. The molecule has 2 heterocycles. The van der Waals surface area contributed by atoms with Gasteiger partial charge >= 0.3 is 0 Å². The molecule has 0 saturated carbocycles. The Morgan fingerprint density at radius 3 is 2.55 bits per heavy atom. The van der Waals surface area contributed by atoms with Gasteiger partial charge in [-0.05, 0) is 35.0 Å². The lowest BCUT2D eigenvalue weighted by atomic mass is 9.95. The van der Waals surface area contributed by atoms with Gasteiger partial charge in [-0.1, -0.05) is 32.4 Å². The van der Waals surface area contributed by atoms with Crippen molar-refractivity contribution in [1.82, 2.24) is 9.97 Å². The standard InChI is InChI=1S/C14H17BrClN3S/c1-8-11(16)18-13(14(2,3)4)19-12(8)17-7-9-5-6-10(15)20-9/h5-6H,7H2,1-4H3,(H,17,18,19). The van der Waals surface area contributed by atoms with Crippen molar-refractivity contribution in [2.75, 3.05) is 5.32 Å². The summed E-state index contributed by atoms with van der Waals surface area (Å²) in [7, 11) is 0. The Morgan fingerprint density at radius 1 is 1.30 bits per heavy atom. The molecule has 2 aromatic rings. The monoisotopic (exact) mass is 373 g/mol. The first kappa shape index (κ1) is 15.7. The van der Waals surface area contributed by atoms with Crippen LogP contribution in [-0.4, -0.2) is 9.97 Å². The number of nitrogens with zero attached hydrogens (tertiary/aromatic N) is 2. The highest BCUT2D eigenvalue weighted by Crippen LogP contribution is 2.27. The topological polar surface area (TPSA) is 37.8 Å². The lowest BCUT2D eigenvalue weighted by molar-refractivity contribution is 0.545. The Morgan fingerprint density at radius 2 is 2.00 bits per heavy atom. The van der Waals surface area contributed by atoms with E-state index in [9.17, 15) is 0 Å². The first-order chi connectivity index (χ1) is 9.27. The highest BCUT2D eigenvalue weighted by Gasteiger charge is 2.20. The quantitative estimate of drug-likeness (QED) is 0.753. The number of nitrogens with one attached hydrogen (secondary N) is 1. The minimum Gasteiger partial charge on any atom is -0.365 e. The van der Waals surface area contributed by atoms with Crippen molar-refractivity contribution in [3.05, 3.63) is 37.3 Å². The van der Waals surface area contributed by atoms with Gasteiger partial charge in [-0.2, -0.15) is 0 Å². The van der Waals surface area contributed by atoms with Crippen molar-refractivity contribution in [2.45, 2.75) is 39.7 Å². The van der Waals surface area contributed by atoms with Gasteiger partial charge in [0, 0.05) is 15.9 Å². The number of rotatable bonds is 3. The molecule has 3 nitrogen and oxygen atoms in total. The smallest absolute Gasteiger partial charge is 0.137 e. The van der Waals surface area contributed by atoms with Crippen molar-refractivity contribution in [1.29, 1.82) is 0 Å². The van der Waals surface area contributed by atoms with Crippen molar-refractivity contribution in [3.8, 4) is 0 Å². The van der Waals surface area contributed by atoms with Crippen LogP contribution in [0.3, 0.4) is 0 Å². The summed E-state index contributed by atoms with van der Waals surface area (Å²) in [4.78, 5) is 10.2. The molecule has 0 aliphatic heterocycles. The molecule has 0 atom stereocenters. The van der Waals surface area contributed by atoms with Gasteiger partial charge in [0.05, 0.1) is 10.3 Å². The molecule has 20 heavy (non-hydrogen) atoms. The summed E-state index contributed by atoms with van der Waals surface area (Å²) in [5, 5.41) is 3.86. The van der Waals surface area contributed by atoms with E-state index in [2.05, 4.69) is 58.1 Å². The lowest BCUT2D eigenvalue weighted by Crippen LogP contribution is -2.18. The van der Waals surface area contributed by atoms with Gasteiger partial charge in [-0.3, -0.25) is 0 Å². The molecule has 0 aliphatic rings. The highest BCUT2D eigenvalue weighted by molar-refractivity contribution is 9.11. The second kappa shape index (κ2) is 6.00. The van der Waals surface area contributed by atoms with Crippen LogP contribution in [0, 0.1) is 6.92 Å². The van der Waals surface area contributed by atoms with E-state index >= 15 is 0 Å². The van der Waals surface area contributed by atoms with Crippen LogP contribution in [0.1, 0.15) is 37.0 Å². The summed E-state index contributed by atoms with van der Waals surface area (Å²) in [6.45, 7) is 8.89. The molecule has 0 aliphatic carbocycles. The van der Waals surface area contributed by atoms with Crippen LogP contribution in [-0.2, 0) is 12.0 Å². The number of aromatic nitrogens is 2. The molecule has 6 heteroatoms. The van der Waals surface area contributed by atoms with E-state index in [1.54, 1.807) is 11.3 Å². The Bertz CT molecular complexity index is 619. The molecule has 108 valence electrons. The molecule has 0 fully saturated rings. The van der Waals surface area contributed by atoms with E-state index in [0.29, 0.717) is 5.15 Å². The molecule has 0 amide bonds. The van der Waals surface area contributed by atoms with Gasteiger partial charge in [-0.15, -0.1) is 11.3 Å². The number of anilines is 1. The van der Waals surface area contributed by atoms with Crippen LogP contribution >= 0.6 is 38.9 Å². The Balaban J connectivity index is 2.24. The highest BCUT2D eigenvalue weighted by atomic mass is 79.9. The maximum Gasteiger partial charge on any atom is 0.137 e. The van der Waals surface area contributed by atoms with E-state index in [4.69, 9.17) is 11.6 Å². The predicted octanol–water partition coefficient (Wildman–Crippen LogP) is 5.17. The molecular weight excluding hydrogens is 358 g/mol. The molecule has 2 rings (SSSR count). The Hall–Kier alpha value is -0.650. The zero-order valence-electron chi connectivity index (χ0n) is 11.9. The van der Waals surface area contributed by atoms with Crippen LogP contribution in [0.5, 0.6) is 0 Å². The fraction of sp³-hybridized carbons (Fsp3) is 0.429. The second-order valence-electron chi connectivity index (χ2n) is 5.62. The van der Waals surface area contributed by atoms with Gasteiger partial charge < -0.3 is 5.32 Å². The van der Waals surface area contributed by atoms with Crippen molar-refractivity contribution in [2.24, 2.45) is 0 Å². The van der Waals surface area contributed by atoms with Crippen LogP contribution in [0.2, 0.25) is 5.15 Å². The fourth-order valence-corrected chi connectivity index (χ4v) is 3.21. The number of hydrogen-bond acceptors (Lipinski definition) is 4. The van der Waals surface area contributed by atoms with Crippen molar-refractivity contribution in [3.63, 3.8) is 0 Å². The zero-order chi connectivity index (χ0) is 14.9. The average molecular weight is 375 g/mol. The normalized spacial score (nSPS) is 11.7. The zero-order valence-corrected chi connectivity index (χ0v) is 15.1. The maximum absolute atomic E-state index is 6.21. The molecule has 0 spiro atoms. The first-order valence-electron chi connectivity index (χ1n) is 6.30. The lowest BCUT2D eigenvalue weighted by Gasteiger charge is -2.19. The molecule has 0 saturated heterocycles. The fourth-order valence-electron chi connectivity index (χ4n) is 1.61. The van der Waals surface area contributed by atoms with Gasteiger partial charge in [0.1, 0.15) is 16.8 Å². The number of halogens is 2. The Labute approximate surface area is 136 Å². The summed E-state index contributed by atoms with van der Waals surface area (Å²) in [6, 6.07) is 4.13. The van der Waals surface area contributed by atoms with Gasteiger partial charge in [0.15, 0.2) is 0 Å². The molecular formula is C14H17BrClN3S. The third-order valence-electron chi connectivity index (χ3n) is 2.82. The average Bonchev–Trinajstić information content (AvgIpc) is 2.75. The second-order valence-corrected chi connectivity index (χ2v) is 8.53. The Kier molecular flexibility index (Phi) is 4.72. The SMILES string of the molecule is Cc1c(Cl)nc(C(C)(C)C)nc1NCc1ccc(Br)s1. The summed E-state index contributed by atoms with van der Waals surface area (Å²) in [5.41, 5.74) is 0.759. The number of hydrogen-bond donors (Lipinski definition) is 1. The van der Waals surface area contributed by atoms with E-state index < -0.39 is 0 Å². The van der Waals surface area contributed by atoms with Crippen molar-refractivity contribution < 1.29 is 0 Å². The van der Waals surface area contributed by atoms with Gasteiger partial charge in [0.25, 0.3) is 0 Å². The van der Waals surface area contributed by atoms with Crippen LogP contribution in [0.4, 0.5) is 5.82 Å². The summed E-state index contributed by atoms with van der Waals surface area (Å²) in [6.07, 6.45) is 0. The molecule has 0 radical (unpaired) electrons. The van der Waals surface area contributed by atoms with E-state index in [-0.39, 0.29) is 5.41 Å². The molecule has 2 aromatic heterocycles. The van der Waals surface area contributed by atoms with E-state index in [0.717, 1.165) is 27.5 Å². The summed E-state index contributed by atoms with van der Waals surface area (Å²) >= 11 is 11.4. The molecule has 0 aromatic carbocycles. The van der Waals surface area contributed by atoms with E-state index in [1.807, 2.05) is 13.0 Å². The first-order valence-corrected chi connectivity index (χ1v) is 8.29. The predicted molar refractivity (Wildman–Crippen MR) is 89.8 cm³/mol. The molecule has 1 N–H and O–H groups in total. The molecule has 0 unspecified atom stereocenters. The van der Waals surface area contributed by atoms with Gasteiger partial charge in [0.2, 0.25) is 0 Å². The van der Waals surface area contributed by atoms with Crippen LogP contribution in [0.25, 0.3) is 0 Å². The maximum atomic E-state index is 6.21.